The smallest absolute Gasteiger partial charge is 0.338 e. The zero-order valence-electron chi connectivity index (χ0n) is 19.2. The Morgan fingerprint density at radius 3 is 1.56 bits per heavy atom. The van der Waals surface area contributed by atoms with Gasteiger partial charge in [-0.15, -0.1) is 0 Å². The molecule has 4 rings (SSSR count). The van der Waals surface area contributed by atoms with Crippen LogP contribution in [0.4, 0.5) is 0 Å². The Labute approximate surface area is 199 Å². The van der Waals surface area contributed by atoms with Crippen molar-refractivity contribution < 1.29 is 19.1 Å². The van der Waals surface area contributed by atoms with Gasteiger partial charge in [0.05, 0.1) is 30.0 Å². The first-order valence-corrected chi connectivity index (χ1v) is 11.2. The molecule has 0 radical (unpaired) electrons. The van der Waals surface area contributed by atoms with Crippen molar-refractivity contribution in [1.29, 1.82) is 0 Å². The molecule has 0 fully saturated rings. The highest BCUT2D eigenvalue weighted by Crippen LogP contribution is 2.39. The summed E-state index contributed by atoms with van der Waals surface area (Å²) in [4.78, 5) is 28.8. The lowest BCUT2D eigenvalue weighted by Crippen LogP contribution is -2.04. The Bertz CT molecular complexity index is 1200. The highest BCUT2D eigenvalue weighted by atomic mass is 16.5. The summed E-state index contributed by atoms with van der Waals surface area (Å²) in [5, 5.41) is 0. The van der Waals surface area contributed by atoms with Gasteiger partial charge in [-0.25, -0.2) is 9.59 Å². The maximum atomic E-state index is 12.1. The van der Waals surface area contributed by atoms with Gasteiger partial charge >= 0.3 is 11.9 Å². The van der Waals surface area contributed by atoms with Gasteiger partial charge in [0.25, 0.3) is 0 Å². The van der Waals surface area contributed by atoms with Gasteiger partial charge in [0, 0.05) is 11.8 Å². The normalized spacial score (nSPS) is 10.5. The summed E-state index contributed by atoms with van der Waals surface area (Å²) in [6.45, 7) is 4.25. The summed E-state index contributed by atoms with van der Waals surface area (Å²) in [5.41, 5.74) is 6.71. The molecule has 0 aliphatic rings. The number of hydrogen-bond donors (Lipinski definition) is 0. The third kappa shape index (κ3) is 4.89. The van der Waals surface area contributed by atoms with Crippen molar-refractivity contribution in [2.24, 2.45) is 0 Å². The first-order valence-electron chi connectivity index (χ1n) is 11.2. The topological polar surface area (TPSA) is 65.5 Å². The van der Waals surface area contributed by atoms with E-state index >= 15 is 0 Å². The maximum Gasteiger partial charge on any atom is 0.338 e. The average molecular weight is 452 g/mol. The largest absolute Gasteiger partial charge is 0.462 e. The van der Waals surface area contributed by atoms with Crippen LogP contribution < -0.4 is 0 Å². The standard InChI is InChI=1S/C29H25NO4/c1-3-33-28(31)22-15-11-20(12-16-22)24-8-7-9-25(27(24)26-10-5-6-19-30-26)21-13-17-23(18-14-21)29(32)34-4-2/h5-19H,3-4H2,1-2H3. The van der Waals surface area contributed by atoms with Gasteiger partial charge in [-0.05, 0) is 72.5 Å². The lowest BCUT2D eigenvalue weighted by molar-refractivity contribution is 0.0517. The highest BCUT2D eigenvalue weighted by molar-refractivity contribution is 5.96. The predicted molar refractivity (Wildman–Crippen MR) is 132 cm³/mol. The molecule has 0 aliphatic heterocycles. The molecule has 0 aliphatic carbocycles. The molecule has 0 amide bonds. The Balaban J connectivity index is 1.81. The van der Waals surface area contributed by atoms with Crippen LogP contribution in [0.15, 0.2) is 91.1 Å². The number of benzene rings is 3. The van der Waals surface area contributed by atoms with E-state index in [1.165, 1.54) is 0 Å². The SMILES string of the molecule is CCOC(=O)c1ccc(-c2cccc(-c3ccc(C(=O)OCC)cc3)c2-c2ccccn2)cc1. The molecule has 1 heterocycles. The van der Waals surface area contributed by atoms with E-state index in [2.05, 4.69) is 4.98 Å². The summed E-state index contributed by atoms with van der Waals surface area (Å²) in [6, 6.07) is 26.7. The third-order valence-corrected chi connectivity index (χ3v) is 5.40. The Morgan fingerprint density at radius 2 is 1.15 bits per heavy atom. The number of hydrogen-bond acceptors (Lipinski definition) is 5. The molecule has 170 valence electrons. The number of esters is 2. The van der Waals surface area contributed by atoms with Gasteiger partial charge in [0.2, 0.25) is 0 Å². The quantitative estimate of drug-likeness (QED) is 0.303. The Morgan fingerprint density at radius 1 is 0.647 bits per heavy atom. The molecule has 4 aromatic rings. The van der Waals surface area contributed by atoms with Gasteiger partial charge in [0.1, 0.15) is 0 Å². The first-order chi connectivity index (χ1) is 16.6. The minimum Gasteiger partial charge on any atom is -0.462 e. The van der Waals surface area contributed by atoms with Crippen LogP contribution >= 0.6 is 0 Å². The van der Waals surface area contributed by atoms with E-state index in [9.17, 15) is 9.59 Å². The molecule has 0 atom stereocenters. The van der Waals surface area contributed by atoms with Gasteiger partial charge in [-0.2, -0.15) is 0 Å². The van der Waals surface area contributed by atoms with E-state index < -0.39 is 0 Å². The second-order valence-electron chi connectivity index (χ2n) is 7.54. The van der Waals surface area contributed by atoms with E-state index in [0.29, 0.717) is 24.3 Å². The minimum atomic E-state index is -0.338. The second-order valence-corrected chi connectivity index (χ2v) is 7.54. The molecule has 1 aromatic heterocycles. The number of rotatable bonds is 7. The van der Waals surface area contributed by atoms with Gasteiger partial charge in [-0.1, -0.05) is 48.5 Å². The summed E-state index contributed by atoms with van der Waals surface area (Å²) >= 11 is 0. The number of carbonyl (C=O) groups is 2. The molecule has 0 saturated heterocycles. The van der Waals surface area contributed by atoms with Crippen LogP contribution in [0.3, 0.4) is 0 Å². The minimum absolute atomic E-state index is 0.335. The van der Waals surface area contributed by atoms with Crippen molar-refractivity contribution in [1.82, 2.24) is 4.98 Å². The predicted octanol–water partition coefficient (Wildman–Crippen LogP) is 6.44. The zero-order chi connectivity index (χ0) is 23.9. The molecule has 0 spiro atoms. The Kier molecular flexibility index (Phi) is 7.13. The maximum absolute atomic E-state index is 12.1. The lowest BCUT2D eigenvalue weighted by Gasteiger charge is -2.16. The van der Waals surface area contributed by atoms with Crippen LogP contribution in [-0.4, -0.2) is 30.1 Å². The molecule has 5 nitrogen and oxygen atoms in total. The molecule has 0 saturated carbocycles. The van der Waals surface area contributed by atoms with Crippen LogP contribution in [0.5, 0.6) is 0 Å². The fraction of sp³-hybridized carbons (Fsp3) is 0.138. The van der Waals surface area contributed by atoms with Gasteiger partial charge in [0.15, 0.2) is 0 Å². The fourth-order valence-corrected chi connectivity index (χ4v) is 3.82. The van der Waals surface area contributed by atoms with Crippen LogP contribution in [0.1, 0.15) is 34.6 Å². The fourth-order valence-electron chi connectivity index (χ4n) is 3.82. The van der Waals surface area contributed by atoms with E-state index in [1.807, 2.05) is 60.7 Å². The van der Waals surface area contributed by atoms with Crippen molar-refractivity contribution in [3.05, 3.63) is 102 Å². The van der Waals surface area contributed by atoms with Crippen LogP contribution in [-0.2, 0) is 9.47 Å². The van der Waals surface area contributed by atoms with E-state index in [-0.39, 0.29) is 11.9 Å². The molecular weight excluding hydrogens is 426 g/mol. The third-order valence-electron chi connectivity index (χ3n) is 5.40. The van der Waals surface area contributed by atoms with Crippen molar-refractivity contribution >= 4 is 11.9 Å². The monoisotopic (exact) mass is 451 g/mol. The summed E-state index contributed by atoms with van der Waals surface area (Å²) < 4.78 is 10.2. The molecule has 34 heavy (non-hydrogen) atoms. The molecule has 0 unspecified atom stereocenters. The number of nitrogens with zero attached hydrogens (tertiary/aromatic N) is 1. The lowest BCUT2D eigenvalue weighted by atomic mass is 9.89. The van der Waals surface area contributed by atoms with Gasteiger partial charge < -0.3 is 9.47 Å². The first kappa shape index (κ1) is 22.9. The van der Waals surface area contributed by atoms with E-state index in [4.69, 9.17) is 9.47 Å². The number of aromatic nitrogens is 1. The number of ether oxygens (including phenoxy) is 2. The van der Waals surface area contributed by atoms with Crippen molar-refractivity contribution in [3.8, 4) is 33.5 Å². The Hall–Kier alpha value is -4.25. The van der Waals surface area contributed by atoms with Gasteiger partial charge in [-0.3, -0.25) is 4.98 Å². The summed E-state index contributed by atoms with van der Waals surface area (Å²) in [7, 11) is 0. The van der Waals surface area contributed by atoms with Crippen molar-refractivity contribution in [2.45, 2.75) is 13.8 Å². The molecular formula is C29H25NO4. The molecule has 3 aromatic carbocycles. The van der Waals surface area contributed by atoms with E-state index in [1.54, 1.807) is 44.3 Å². The zero-order valence-corrected chi connectivity index (χ0v) is 19.2. The molecule has 0 N–H and O–H groups in total. The van der Waals surface area contributed by atoms with E-state index in [0.717, 1.165) is 33.5 Å². The molecule has 5 heteroatoms. The summed E-state index contributed by atoms with van der Waals surface area (Å²) in [6.07, 6.45) is 1.77. The average Bonchev–Trinajstić information content (AvgIpc) is 2.89. The van der Waals surface area contributed by atoms with Crippen molar-refractivity contribution in [2.75, 3.05) is 13.2 Å². The van der Waals surface area contributed by atoms with Crippen LogP contribution in [0.25, 0.3) is 33.5 Å². The second kappa shape index (κ2) is 10.6. The van der Waals surface area contributed by atoms with Crippen LogP contribution in [0.2, 0.25) is 0 Å². The number of pyridine rings is 1. The van der Waals surface area contributed by atoms with Crippen molar-refractivity contribution in [3.63, 3.8) is 0 Å². The van der Waals surface area contributed by atoms with Crippen LogP contribution in [0, 0.1) is 0 Å². The number of carbonyl (C=O) groups excluding carboxylic acids is 2. The summed E-state index contributed by atoms with van der Waals surface area (Å²) in [5.74, 6) is -0.677. The highest BCUT2D eigenvalue weighted by Gasteiger charge is 2.16. The molecule has 0 bridgehead atoms.